The Kier molecular flexibility index (Phi) is 4.12. The SMILES string of the molecule is COc1cccc(C(=O)OCCc2cn[nH]c2)c1F. The molecule has 0 radical (unpaired) electrons. The molecular weight excluding hydrogens is 251 g/mol. The molecule has 0 atom stereocenters. The van der Waals surface area contributed by atoms with Gasteiger partial charge in [0.05, 0.1) is 25.5 Å². The number of carbonyl (C=O) groups is 1. The van der Waals surface area contributed by atoms with Gasteiger partial charge in [0.25, 0.3) is 0 Å². The number of ether oxygens (including phenoxy) is 2. The molecule has 6 heteroatoms. The maximum atomic E-state index is 13.8. The minimum Gasteiger partial charge on any atom is -0.494 e. The summed E-state index contributed by atoms with van der Waals surface area (Å²) in [4.78, 5) is 11.7. The molecular formula is C13H13FN2O3. The Balaban J connectivity index is 1.96. The number of benzene rings is 1. The predicted molar refractivity (Wildman–Crippen MR) is 65.5 cm³/mol. The molecule has 5 nitrogen and oxygen atoms in total. The highest BCUT2D eigenvalue weighted by Crippen LogP contribution is 2.20. The van der Waals surface area contributed by atoms with Crippen LogP contribution in [0.3, 0.4) is 0 Å². The maximum absolute atomic E-state index is 13.8. The summed E-state index contributed by atoms with van der Waals surface area (Å²) in [6.07, 6.45) is 3.87. The first-order valence-corrected chi connectivity index (χ1v) is 5.69. The van der Waals surface area contributed by atoms with Gasteiger partial charge in [-0.1, -0.05) is 6.07 Å². The maximum Gasteiger partial charge on any atom is 0.341 e. The lowest BCUT2D eigenvalue weighted by molar-refractivity contribution is 0.0503. The number of hydrogen-bond acceptors (Lipinski definition) is 4. The van der Waals surface area contributed by atoms with Crippen LogP contribution in [-0.4, -0.2) is 29.9 Å². The van der Waals surface area contributed by atoms with Gasteiger partial charge in [-0.3, -0.25) is 5.10 Å². The number of H-pyrrole nitrogens is 1. The summed E-state index contributed by atoms with van der Waals surface area (Å²) in [5.41, 5.74) is 0.783. The highest BCUT2D eigenvalue weighted by atomic mass is 19.1. The normalized spacial score (nSPS) is 10.2. The second-order valence-electron chi connectivity index (χ2n) is 3.81. The Hall–Kier alpha value is -2.37. The van der Waals surface area contributed by atoms with Crippen LogP contribution in [0.4, 0.5) is 4.39 Å². The standard InChI is InChI=1S/C13H13FN2O3/c1-18-11-4-2-3-10(12(11)14)13(17)19-6-5-9-7-15-16-8-9/h2-4,7-8H,5-6H2,1H3,(H,15,16). The fourth-order valence-corrected chi connectivity index (χ4v) is 1.58. The van der Waals surface area contributed by atoms with E-state index >= 15 is 0 Å². The largest absolute Gasteiger partial charge is 0.494 e. The van der Waals surface area contributed by atoms with E-state index in [9.17, 15) is 9.18 Å². The Bertz CT molecular complexity index is 555. The van der Waals surface area contributed by atoms with Crippen LogP contribution < -0.4 is 4.74 Å². The summed E-state index contributed by atoms with van der Waals surface area (Å²) in [5, 5.41) is 6.43. The molecule has 1 N–H and O–H groups in total. The number of carbonyl (C=O) groups excluding carboxylic acids is 1. The fraction of sp³-hybridized carbons (Fsp3) is 0.231. The minimum atomic E-state index is -0.710. The van der Waals surface area contributed by atoms with Crippen LogP contribution in [0.2, 0.25) is 0 Å². The molecule has 0 aliphatic heterocycles. The molecule has 0 aliphatic rings. The van der Waals surface area contributed by atoms with E-state index in [1.54, 1.807) is 12.4 Å². The summed E-state index contributed by atoms with van der Waals surface area (Å²) in [6.45, 7) is 0.162. The molecule has 0 bridgehead atoms. The number of aromatic nitrogens is 2. The Morgan fingerprint density at radius 3 is 3.00 bits per heavy atom. The molecule has 0 saturated heterocycles. The van der Waals surface area contributed by atoms with Crippen molar-refractivity contribution in [1.82, 2.24) is 10.2 Å². The van der Waals surface area contributed by atoms with Crippen molar-refractivity contribution in [2.45, 2.75) is 6.42 Å². The zero-order valence-electron chi connectivity index (χ0n) is 10.4. The van der Waals surface area contributed by atoms with Crippen LogP contribution in [0.5, 0.6) is 5.75 Å². The zero-order valence-corrected chi connectivity index (χ0v) is 10.4. The van der Waals surface area contributed by atoms with E-state index in [0.29, 0.717) is 6.42 Å². The van der Waals surface area contributed by atoms with E-state index in [4.69, 9.17) is 9.47 Å². The van der Waals surface area contributed by atoms with E-state index in [0.717, 1.165) is 5.56 Å². The molecule has 19 heavy (non-hydrogen) atoms. The third-order valence-electron chi connectivity index (χ3n) is 2.58. The molecule has 0 amide bonds. The van der Waals surface area contributed by atoms with Gasteiger partial charge >= 0.3 is 5.97 Å². The first-order chi connectivity index (χ1) is 9.22. The topological polar surface area (TPSA) is 64.2 Å². The van der Waals surface area contributed by atoms with Gasteiger partial charge in [-0.05, 0) is 17.7 Å². The first kappa shape index (κ1) is 13.1. The number of methoxy groups -OCH3 is 1. The van der Waals surface area contributed by atoms with E-state index in [2.05, 4.69) is 10.2 Å². The van der Waals surface area contributed by atoms with Gasteiger partial charge in [0.15, 0.2) is 11.6 Å². The fourth-order valence-electron chi connectivity index (χ4n) is 1.58. The van der Waals surface area contributed by atoms with Crippen LogP contribution >= 0.6 is 0 Å². The van der Waals surface area contributed by atoms with Crippen molar-refractivity contribution in [3.05, 3.63) is 47.5 Å². The number of aromatic amines is 1. The van der Waals surface area contributed by atoms with Crippen molar-refractivity contribution >= 4 is 5.97 Å². The Morgan fingerprint density at radius 1 is 1.47 bits per heavy atom. The van der Waals surface area contributed by atoms with Gasteiger partial charge in [0.2, 0.25) is 0 Å². The lowest BCUT2D eigenvalue weighted by Gasteiger charge is -2.07. The van der Waals surface area contributed by atoms with Gasteiger partial charge in [-0.15, -0.1) is 0 Å². The minimum absolute atomic E-state index is 0.0179. The summed E-state index contributed by atoms with van der Waals surface area (Å²) in [7, 11) is 1.34. The summed E-state index contributed by atoms with van der Waals surface area (Å²) in [5.74, 6) is -1.40. The van der Waals surface area contributed by atoms with Crippen molar-refractivity contribution in [2.24, 2.45) is 0 Å². The average molecular weight is 264 g/mol. The predicted octanol–water partition coefficient (Wildman–Crippen LogP) is 1.96. The lowest BCUT2D eigenvalue weighted by Crippen LogP contribution is -2.10. The van der Waals surface area contributed by atoms with Gasteiger partial charge in [0.1, 0.15) is 0 Å². The average Bonchev–Trinajstić information content (AvgIpc) is 2.92. The molecule has 100 valence electrons. The number of halogens is 1. The lowest BCUT2D eigenvalue weighted by atomic mass is 10.2. The monoisotopic (exact) mass is 264 g/mol. The molecule has 0 spiro atoms. The van der Waals surface area contributed by atoms with E-state index in [-0.39, 0.29) is 17.9 Å². The van der Waals surface area contributed by atoms with Crippen molar-refractivity contribution in [3.63, 3.8) is 0 Å². The van der Waals surface area contributed by atoms with Crippen molar-refractivity contribution in [2.75, 3.05) is 13.7 Å². The molecule has 1 heterocycles. The summed E-state index contributed by atoms with van der Waals surface area (Å²) in [6, 6.07) is 4.34. The van der Waals surface area contributed by atoms with Gasteiger partial charge in [-0.25, -0.2) is 9.18 Å². The second kappa shape index (κ2) is 5.99. The van der Waals surface area contributed by atoms with Crippen LogP contribution in [0.1, 0.15) is 15.9 Å². The van der Waals surface area contributed by atoms with E-state index in [1.807, 2.05) is 0 Å². The van der Waals surface area contributed by atoms with Crippen molar-refractivity contribution in [1.29, 1.82) is 0 Å². The third-order valence-corrected chi connectivity index (χ3v) is 2.58. The number of hydrogen-bond donors (Lipinski definition) is 1. The number of nitrogens with zero attached hydrogens (tertiary/aromatic N) is 1. The van der Waals surface area contributed by atoms with Crippen LogP contribution in [0.15, 0.2) is 30.6 Å². The molecule has 1 aromatic heterocycles. The Labute approximate surface area is 109 Å². The molecule has 0 fully saturated rings. The highest BCUT2D eigenvalue weighted by Gasteiger charge is 2.16. The number of nitrogens with one attached hydrogen (secondary N) is 1. The highest BCUT2D eigenvalue weighted by molar-refractivity contribution is 5.90. The van der Waals surface area contributed by atoms with E-state index in [1.165, 1.54) is 25.3 Å². The van der Waals surface area contributed by atoms with Gasteiger partial charge in [-0.2, -0.15) is 5.10 Å². The van der Waals surface area contributed by atoms with Crippen LogP contribution in [0.25, 0.3) is 0 Å². The van der Waals surface area contributed by atoms with Crippen molar-refractivity contribution < 1.29 is 18.7 Å². The third kappa shape index (κ3) is 3.09. The molecule has 0 saturated carbocycles. The molecule has 1 aromatic carbocycles. The first-order valence-electron chi connectivity index (χ1n) is 5.69. The summed E-state index contributed by atoms with van der Waals surface area (Å²) >= 11 is 0. The number of esters is 1. The van der Waals surface area contributed by atoms with Crippen molar-refractivity contribution in [3.8, 4) is 5.75 Å². The molecule has 2 aromatic rings. The summed E-state index contributed by atoms with van der Waals surface area (Å²) < 4.78 is 23.6. The molecule has 0 aliphatic carbocycles. The molecule has 0 unspecified atom stereocenters. The zero-order chi connectivity index (χ0) is 13.7. The second-order valence-corrected chi connectivity index (χ2v) is 3.81. The van der Waals surface area contributed by atoms with E-state index < -0.39 is 11.8 Å². The smallest absolute Gasteiger partial charge is 0.341 e. The Morgan fingerprint density at radius 2 is 2.32 bits per heavy atom. The number of rotatable bonds is 5. The quantitative estimate of drug-likeness (QED) is 0.838. The molecule has 2 rings (SSSR count). The van der Waals surface area contributed by atoms with Gasteiger partial charge < -0.3 is 9.47 Å². The van der Waals surface area contributed by atoms with Crippen LogP contribution in [-0.2, 0) is 11.2 Å². The van der Waals surface area contributed by atoms with Crippen LogP contribution in [0, 0.1) is 5.82 Å². The van der Waals surface area contributed by atoms with Gasteiger partial charge in [0, 0.05) is 12.6 Å².